The molecule has 1 fully saturated rings. The van der Waals surface area contributed by atoms with Gasteiger partial charge in [0.15, 0.2) is 5.78 Å². The van der Waals surface area contributed by atoms with Crippen molar-refractivity contribution in [2.45, 2.75) is 18.4 Å². The fourth-order valence-corrected chi connectivity index (χ4v) is 2.49. The quantitative estimate of drug-likeness (QED) is 0.685. The molecule has 0 bridgehead atoms. The Morgan fingerprint density at radius 2 is 2.31 bits per heavy atom. The van der Waals surface area contributed by atoms with Crippen LogP contribution in [0.2, 0.25) is 0 Å². The zero-order valence-electron chi connectivity index (χ0n) is 8.82. The highest BCUT2D eigenvalue weighted by atomic mass is 16.5. The summed E-state index contributed by atoms with van der Waals surface area (Å²) < 4.78 is 5.89. The van der Waals surface area contributed by atoms with Gasteiger partial charge in [-0.2, -0.15) is 0 Å². The molecule has 4 nitrogen and oxygen atoms in total. The maximum Gasteiger partial charge on any atom is 0.174 e. The molecule has 1 aromatic carbocycles. The molecule has 16 heavy (non-hydrogen) atoms. The second-order valence-corrected chi connectivity index (χ2v) is 4.46. The first-order valence-electron chi connectivity index (χ1n) is 5.45. The molecule has 2 N–H and O–H groups in total. The molecule has 1 unspecified atom stereocenters. The van der Waals surface area contributed by atoms with Gasteiger partial charge in [-0.3, -0.25) is 4.79 Å². The van der Waals surface area contributed by atoms with Crippen LogP contribution in [0.4, 0.5) is 0 Å². The van der Waals surface area contributed by atoms with Gasteiger partial charge < -0.3 is 15.2 Å². The van der Waals surface area contributed by atoms with Gasteiger partial charge in [0, 0.05) is 13.0 Å². The lowest BCUT2D eigenvalue weighted by Crippen LogP contribution is -2.43. The summed E-state index contributed by atoms with van der Waals surface area (Å²) in [5.41, 5.74) is -0.0576. The maximum atomic E-state index is 12.0. The molecular weight excluding hydrogens is 206 g/mol. The number of ether oxygens (including phenoxy) is 1. The summed E-state index contributed by atoms with van der Waals surface area (Å²) in [5, 5.41) is 12.9. The number of Topliss-reactive ketones (excluding diaryl/α,β-unsaturated/α-hetero) is 1. The molecule has 3 rings (SSSR count). The predicted octanol–water partition coefficient (Wildman–Crippen LogP) is 1.09. The van der Waals surface area contributed by atoms with Gasteiger partial charge in [0.1, 0.15) is 22.7 Å². The molecule has 2 heterocycles. The molecule has 1 atom stereocenters. The minimum Gasteiger partial charge on any atom is -0.507 e. The van der Waals surface area contributed by atoms with E-state index in [-0.39, 0.29) is 11.5 Å². The molecule has 4 heteroatoms. The smallest absolute Gasteiger partial charge is 0.174 e. The number of nitrogens with one attached hydrogen (secondary N) is 1. The van der Waals surface area contributed by atoms with Gasteiger partial charge in [-0.25, -0.2) is 0 Å². The molecule has 1 spiro atoms. The Morgan fingerprint density at radius 3 is 3.06 bits per heavy atom. The van der Waals surface area contributed by atoms with Gasteiger partial charge in [0.2, 0.25) is 0 Å². The van der Waals surface area contributed by atoms with E-state index in [0.29, 0.717) is 24.3 Å². The van der Waals surface area contributed by atoms with Gasteiger partial charge in [0.25, 0.3) is 0 Å². The Labute approximate surface area is 93.2 Å². The van der Waals surface area contributed by atoms with Crippen LogP contribution in [0.5, 0.6) is 11.5 Å². The van der Waals surface area contributed by atoms with E-state index in [1.54, 1.807) is 12.1 Å². The molecule has 2 aliphatic heterocycles. The number of carbonyl (C=O) groups excluding carboxylic acids is 1. The van der Waals surface area contributed by atoms with Crippen molar-refractivity contribution in [3.63, 3.8) is 0 Å². The van der Waals surface area contributed by atoms with Gasteiger partial charge >= 0.3 is 0 Å². The third-order valence-corrected chi connectivity index (χ3v) is 3.30. The number of rotatable bonds is 0. The summed E-state index contributed by atoms with van der Waals surface area (Å²) in [6.07, 6.45) is 1.19. The van der Waals surface area contributed by atoms with Crippen LogP contribution < -0.4 is 10.1 Å². The highest BCUT2D eigenvalue weighted by Crippen LogP contribution is 2.39. The summed E-state index contributed by atoms with van der Waals surface area (Å²) in [4.78, 5) is 12.0. The van der Waals surface area contributed by atoms with Crippen LogP contribution in [0, 0.1) is 0 Å². The highest BCUT2D eigenvalue weighted by Gasteiger charge is 2.43. The average molecular weight is 219 g/mol. The largest absolute Gasteiger partial charge is 0.507 e. The number of phenolic OH excluding ortho intramolecular Hbond substituents is 1. The van der Waals surface area contributed by atoms with E-state index < -0.39 is 5.60 Å². The van der Waals surface area contributed by atoms with Gasteiger partial charge in [0.05, 0.1) is 6.42 Å². The summed E-state index contributed by atoms with van der Waals surface area (Å²) in [6, 6.07) is 4.96. The lowest BCUT2D eigenvalue weighted by Gasteiger charge is -2.34. The zero-order valence-corrected chi connectivity index (χ0v) is 8.82. The third kappa shape index (κ3) is 1.30. The predicted molar refractivity (Wildman–Crippen MR) is 57.9 cm³/mol. The molecule has 1 saturated heterocycles. The third-order valence-electron chi connectivity index (χ3n) is 3.30. The van der Waals surface area contributed by atoms with Crippen molar-refractivity contribution in [2.24, 2.45) is 0 Å². The van der Waals surface area contributed by atoms with E-state index in [4.69, 9.17) is 4.74 Å². The minimum atomic E-state index is -0.391. The number of hydrogen-bond acceptors (Lipinski definition) is 4. The average Bonchev–Trinajstić information content (AvgIpc) is 2.65. The SMILES string of the molecule is O=C1CC2(CCNC2)Oc2cccc(O)c21. The first-order valence-corrected chi connectivity index (χ1v) is 5.45. The van der Waals surface area contributed by atoms with Crippen LogP contribution >= 0.6 is 0 Å². The van der Waals surface area contributed by atoms with Crippen LogP contribution in [-0.2, 0) is 0 Å². The second-order valence-electron chi connectivity index (χ2n) is 4.46. The summed E-state index contributed by atoms with van der Waals surface area (Å²) >= 11 is 0. The highest BCUT2D eigenvalue weighted by molar-refractivity contribution is 6.02. The van der Waals surface area contributed by atoms with E-state index >= 15 is 0 Å². The van der Waals surface area contributed by atoms with Crippen molar-refractivity contribution in [2.75, 3.05) is 13.1 Å². The number of carbonyl (C=O) groups is 1. The van der Waals surface area contributed by atoms with E-state index in [1.165, 1.54) is 6.07 Å². The van der Waals surface area contributed by atoms with E-state index in [9.17, 15) is 9.90 Å². The van der Waals surface area contributed by atoms with E-state index in [0.717, 1.165) is 13.0 Å². The fraction of sp³-hybridized carbons (Fsp3) is 0.417. The molecular formula is C12H13NO3. The molecule has 0 amide bonds. The van der Waals surface area contributed by atoms with Gasteiger partial charge in [-0.05, 0) is 18.7 Å². The fourth-order valence-electron chi connectivity index (χ4n) is 2.49. The van der Waals surface area contributed by atoms with Crippen molar-refractivity contribution in [1.29, 1.82) is 0 Å². The zero-order chi connectivity index (χ0) is 11.2. The number of hydrogen-bond donors (Lipinski definition) is 2. The first-order chi connectivity index (χ1) is 7.70. The monoisotopic (exact) mass is 219 g/mol. The van der Waals surface area contributed by atoms with Crippen molar-refractivity contribution < 1.29 is 14.6 Å². The van der Waals surface area contributed by atoms with Gasteiger partial charge in [-0.15, -0.1) is 0 Å². The summed E-state index contributed by atoms with van der Waals surface area (Å²) in [6.45, 7) is 1.58. The van der Waals surface area contributed by atoms with E-state index in [1.807, 2.05) is 0 Å². The van der Waals surface area contributed by atoms with Crippen molar-refractivity contribution in [3.8, 4) is 11.5 Å². The second kappa shape index (κ2) is 3.22. The standard InChI is InChI=1S/C12H13NO3/c14-8-2-1-3-10-11(8)9(15)6-12(16-10)4-5-13-7-12/h1-3,13-14H,4-7H2. The molecule has 0 radical (unpaired) electrons. The molecule has 0 aliphatic carbocycles. The van der Waals surface area contributed by atoms with Crippen molar-refractivity contribution in [1.82, 2.24) is 5.32 Å². The summed E-state index contributed by atoms with van der Waals surface area (Å²) in [5.74, 6) is 0.506. The Hall–Kier alpha value is -1.55. The van der Waals surface area contributed by atoms with Crippen LogP contribution in [0.25, 0.3) is 0 Å². The molecule has 1 aromatic rings. The minimum absolute atomic E-state index is 0.0170. The molecule has 0 aromatic heterocycles. The molecule has 84 valence electrons. The van der Waals surface area contributed by atoms with Crippen LogP contribution in [0.15, 0.2) is 18.2 Å². The number of aromatic hydroxyl groups is 1. The lowest BCUT2D eigenvalue weighted by atomic mass is 9.89. The van der Waals surface area contributed by atoms with Crippen molar-refractivity contribution >= 4 is 5.78 Å². The normalized spacial score (nSPS) is 27.9. The maximum absolute atomic E-state index is 12.0. The first kappa shape index (κ1) is 9.66. The van der Waals surface area contributed by atoms with Crippen LogP contribution in [0.1, 0.15) is 23.2 Å². The number of benzene rings is 1. The van der Waals surface area contributed by atoms with Gasteiger partial charge in [-0.1, -0.05) is 6.07 Å². The Kier molecular flexibility index (Phi) is 1.94. The number of phenols is 1. The lowest BCUT2D eigenvalue weighted by molar-refractivity contribution is 0.0523. The Balaban J connectivity index is 2.06. The van der Waals surface area contributed by atoms with E-state index in [2.05, 4.69) is 5.32 Å². The van der Waals surface area contributed by atoms with Crippen molar-refractivity contribution in [3.05, 3.63) is 23.8 Å². The number of fused-ring (bicyclic) bond motifs is 1. The van der Waals surface area contributed by atoms with Crippen LogP contribution in [0.3, 0.4) is 0 Å². The Morgan fingerprint density at radius 1 is 1.44 bits per heavy atom. The molecule has 2 aliphatic rings. The summed E-state index contributed by atoms with van der Waals surface area (Å²) in [7, 11) is 0. The van der Waals surface area contributed by atoms with Crippen LogP contribution in [-0.4, -0.2) is 29.6 Å². The topological polar surface area (TPSA) is 58.6 Å². The Bertz CT molecular complexity index is 450. The number of ketones is 1. The molecule has 0 saturated carbocycles.